The highest BCUT2D eigenvalue weighted by Gasteiger charge is 2.22. The van der Waals surface area contributed by atoms with Crippen LogP contribution in [0.1, 0.15) is 34.1 Å². The van der Waals surface area contributed by atoms with Crippen molar-refractivity contribution in [1.29, 1.82) is 0 Å². The lowest BCUT2D eigenvalue weighted by atomic mass is 9.80. The van der Waals surface area contributed by atoms with Crippen molar-refractivity contribution >= 4 is 23.1 Å². The van der Waals surface area contributed by atoms with Crippen LogP contribution >= 0.6 is 12.2 Å². The number of carbonyl (C=O) groups is 1. The van der Waals surface area contributed by atoms with Crippen LogP contribution in [0.25, 0.3) is 0 Å². The smallest absolute Gasteiger partial charge is 0.220 e. The monoisotopic (exact) mass is 216 g/mol. The third kappa shape index (κ3) is 5.91. The van der Waals surface area contributed by atoms with Crippen molar-refractivity contribution < 1.29 is 4.79 Å². The molecule has 0 saturated heterocycles. The Labute approximate surface area is 91.4 Å². The van der Waals surface area contributed by atoms with E-state index in [4.69, 9.17) is 5.73 Å². The Kier molecular flexibility index (Phi) is 5.05. The van der Waals surface area contributed by atoms with E-state index in [0.717, 1.165) is 0 Å². The lowest BCUT2D eigenvalue weighted by Gasteiger charge is -2.26. The first-order valence-corrected chi connectivity index (χ1v) is 5.19. The topological polar surface area (TPSA) is 55.1 Å². The maximum Gasteiger partial charge on any atom is 0.220 e. The first-order chi connectivity index (χ1) is 6.23. The molecule has 0 aliphatic carbocycles. The standard InChI is InChI=1S/C10H20N2OS/c1-7(10(2,3)4)5-9(13)12-6-8(11)14/h7H,5-6H2,1-4H3,(H2,11,14)(H,12,13). The molecule has 3 N–H and O–H groups in total. The maximum absolute atomic E-state index is 11.4. The van der Waals surface area contributed by atoms with Crippen LogP contribution in [0.5, 0.6) is 0 Å². The van der Waals surface area contributed by atoms with Crippen LogP contribution in [-0.4, -0.2) is 17.4 Å². The van der Waals surface area contributed by atoms with Gasteiger partial charge in [-0.15, -0.1) is 0 Å². The number of thiocarbonyl (C=S) groups is 1. The molecule has 1 amide bonds. The molecule has 0 bridgehead atoms. The summed E-state index contributed by atoms with van der Waals surface area (Å²) in [6.07, 6.45) is 0.520. The zero-order chi connectivity index (χ0) is 11.4. The van der Waals surface area contributed by atoms with E-state index in [9.17, 15) is 4.79 Å². The highest BCUT2D eigenvalue weighted by molar-refractivity contribution is 7.80. The average Bonchev–Trinajstić information content (AvgIpc) is 1.99. The molecule has 0 fully saturated rings. The normalized spacial score (nSPS) is 13.4. The predicted octanol–water partition coefficient (Wildman–Crippen LogP) is 1.46. The molecular weight excluding hydrogens is 196 g/mol. The summed E-state index contributed by atoms with van der Waals surface area (Å²) in [5, 5.41) is 2.68. The molecule has 0 aliphatic rings. The van der Waals surface area contributed by atoms with Crippen molar-refractivity contribution in [3.8, 4) is 0 Å². The van der Waals surface area contributed by atoms with Crippen molar-refractivity contribution in [1.82, 2.24) is 5.32 Å². The molecule has 0 heterocycles. The molecule has 0 aliphatic heterocycles. The van der Waals surface area contributed by atoms with Crippen LogP contribution < -0.4 is 11.1 Å². The van der Waals surface area contributed by atoms with Gasteiger partial charge >= 0.3 is 0 Å². The fourth-order valence-corrected chi connectivity index (χ4v) is 0.914. The Morgan fingerprint density at radius 1 is 1.50 bits per heavy atom. The van der Waals surface area contributed by atoms with Gasteiger partial charge in [0, 0.05) is 6.42 Å². The van der Waals surface area contributed by atoms with Crippen molar-refractivity contribution in [3.05, 3.63) is 0 Å². The quantitative estimate of drug-likeness (QED) is 0.700. The zero-order valence-corrected chi connectivity index (χ0v) is 10.2. The summed E-state index contributed by atoms with van der Waals surface area (Å²) >= 11 is 4.66. The first-order valence-electron chi connectivity index (χ1n) is 4.78. The largest absolute Gasteiger partial charge is 0.392 e. The molecule has 3 nitrogen and oxygen atoms in total. The Morgan fingerprint density at radius 2 is 2.00 bits per heavy atom. The molecule has 0 aromatic heterocycles. The van der Waals surface area contributed by atoms with Gasteiger partial charge in [0.25, 0.3) is 0 Å². The van der Waals surface area contributed by atoms with Crippen LogP contribution in [0.4, 0.5) is 0 Å². The van der Waals surface area contributed by atoms with Crippen LogP contribution in [0.3, 0.4) is 0 Å². The lowest BCUT2D eigenvalue weighted by Crippen LogP contribution is -2.34. The summed E-state index contributed by atoms with van der Waals surface area (Å²) in [7, 11) is 0. The third-order valence-electron chi connectivity index (χ3n) is 2.43. The number of hydrogen-bond acceptors (Lipinski definition) is 2. The molecule has 1 atom stereocenters. The van der Waals surface area contributed by atoms with Crippen LogP contribution in [0.2, 0.25) is 0 Å². The van der Waals surface area contributed by atoms with Crippen molar-refractivity contribution in [2.45, 2.75) is 34.1 Å². The molecule has 0 aromatic carbocycles. The van der Waals surface area contributed by atoms with Crippen LogP contribution in [-0.2, 0) is 4.79 Å². The Hall–Kier alpha value is -0.640. The van der Waals surface area contributed by atoms with Gasteiger partial charge in [-0.3, -0.25) is 4.79 Å². The lowest BCUT2D eigenvalue weighted by molar-refractivity contribution is -0.122. The van der Waals surface area contributed by atoms with E-state index in [-0.39, 0.29) is 11.3 Å². The molecule has 14 heavy (non-hydrogen) atoms. The van der Waals surface area contributed by atoms with Gasteiger partial charge in [-0.1, -0.05) is 39.9 Å². The minimum atomic E-state index is 0.0141. The fourth-order valence-electron chi connectivity index (χ4n) is 0.842. The highest BCUT2D eigenvalue weighted by Crippen LogP contribution is 2.27. The summed E-state index contributed by atoms with van der Waals surface area (Å²) in [6.45, 7) is 8.74. The Morgan fingerprint density at radius 3 is 2.36 bits per heavy atom. The Bertz CT molecular complexity index is 221. The van der Waals surface area contributed by atoms with Gasteiger partial charge in [0.1, 0.15) is 0 Å². The number of nitrogens with two attached hydrogens (primary N) is 1. The number of amides is 1. The SMILES string of the molecule is CC(CC(=O)NCC(N)=S)C(C)(C)C. The van der Waals surface area contributed by atoms with E-state index < -0.39 is 0 Å². The summed E-state index contributed by atoms with van der Waals surface area (Å²) in [6, 6.07) is 0. The number of carbonyl (C=O) groups excluding carboxylic acids is 1. The molecule has 0 aromatic rings. The number of rotatable bonds is 4. The molecule has 0 rings (SSSR count). The molecule has 1 unspecified atom stereocenters. The van der Waals surface area contributed by atoms with Gasteiger partial charge in [-0.05, 0) is 11.3 Å². The van der Waals surface area contributed by atoms with Crippen molar-refractivity contribution in [3.63, 3.8) is 0 Å². The minimum Gasteiger partial charge on any atom is -0.392 e. The summed E-state index contributed by atoms with van der Waals surface area (Å²) in [4.78, 5) is 11.7. The van der Waals surface area contributed by atoms with Crippen molar-refractivity contribution in [2.24, 2.45) is 17.1 Å². The van der Waals surface area contributed by atoms with E-state index in [2.05, 4.69) is 45.2 Å². The van der Waals surface area contributed by atoms with Crippen molar-refractivity contribution in [2.75, 3.05) is 6.54 Å². The predicted molar refractivity (Wildman–Crippen MR) is 63.0 cm³/mol. The third-order valence-corrected chi connectivity index (χ3v) is 2.57. The second-order valence-corrected chi connectivity index (χ2v) is 5.24. The van der Waals surface area contributed by atoms with Gasteiger partial charge in [-0.2, -0.15) is 0 Å². The van der Waals surface area contributed by atoms with E-state index in [0.29, 0.717) is 23.9 Å². The minimum absolute atomic E-state index is 0.0141. The van der Waals surface area contributed by atoms with E-state index in [1.165, 1.54) is 0 Å². The van der Waals surface area contributed by atoms with Gasteiger partial charge in [-0.25, -0.2) is 0 Å². The summed E-state index contributed by atoms with van der Waals surface area (Å²) < 4.78 is 0. The molecule has 4 heteroatoms. The molecular formula is C10H20N2OS. The molecule has 0 saturated carbocycles. The second-order valence-electron chi connectivity index (χ2n) is 4.71. The van der Waals surface area contributed by atoms with E-state index in [1.807, 2.05) is 0 Å². The van der Waals surface area contributed by atoms with Crippen LogP contribution in [0.15, 0.2) is 0 Å². The second kappa shape index (κ2) is 5.29. The molecule has 0 spiro atoms. The van der Waals surface area contributed by atoms with Gasteiger partial charge in [0.15, 0.2) is 0 Å². The zero-order valence-electron chi connectivity index (χ0n) is 9.39. The highest BCUT2D eigenvalue weighted by atomic mass is 32.1. The van der Waals surface area contributed by atoms with Gasteiger partial charge in [0.2, 0.25) is 5.91 Å². The van der Waals surface area contributed by atoms with Gasteiger partial charge < -0.3 is 11.1 Å². The molecule has 0 radical (unpaired) electrons. The number of hydrogen-bond donors (Lipinski definition) is 2. The number of nitrogens with one attached hydrogen (secondary N) is 1. The Balaban J connectivity index is 3.89. The molecule has 82 valence electrons. The van der Waals surface area contributed by atoms with E-state index >= 15 is 0 Å². The fraction of sp³-hybridized carbons (Fsp3) is 0.800. The van der Waals surface area contributed by atoms with Gasteiger partial charge in [0.05, 0.1) is 11.5 Å². The first kappa shape index (κ1) is 13.4. The van der Waals surface area contributed by atoms with Crippen LogP contribution in [0, 0.1) is 11.3 Å². The maximum atomic E-state index is 11.4. The summed E-state index contributed by atoms with van der Waals surface area (Å²) in [5.74, 6) is 0.356. The summed E-state index contributed by atoms with van der Waals surface area (Å²) in [5.41, 5.74) is 5.43. The van der Waals surface area contributed by atoms with E-state index in [1.54, 1.807) is 0 Å². The average molecular weight is 216 g/mol.